The molecular formula is C32H22F17NP2. The summed E-state index contributed by atoms with van der Waals surface area (Å²) in [6.45, 7) is -13.9. The summed E-state index contributed by atoms with van der Waals surface area (Å²) in [5.74, 6) is 0. The van der Waals surface area contributed by atoms with Gasteiger partial charge in [0.1, 0.15) is 28.5 Å². The van der Waals surface area contributed by atoms with Crippen molar-refractivity contribution in [3.05, 3.63) is 121 Å². The molecule has 0 saturated heterocycles. The summed E-state index contributed by atoms with van der Waals surface area (Å²) >= 11 is 0. The summed E-state index contributed by atoms with van der Waals surface area (Å²) in [5.41, 5.74) is -27.9. The molecule has 4 aromatic carbocycles. The fourth-order valence-corrected chi connectivity index (χ4v) is 13.5. The second-order valence-corrected chi connectivity index (χ2v) is 19.7. The number of benzene rings is 4. The van der Waals surface area contributed by atoms with Crippen LogP contribution < -0.4 is 21.2 Å². The molecule has 0 aliphatic heterocycles. The van der Waals surface area contributed by atoms with Gasteiger partial charge in [0.25, 0.3) is 0 Å². The topological polar surface area (TPSA) is 23.8 Å². The largest absolute Gasteiger partial charge is 0.144 e. The van der Waals surface area contributed by atoms with Crippen molar-refractivity contribution in [2.45, 2.75) is 35.5 Å². The minimum Gasteiger partial charge on any atom is -0.0620 e. The summed E-state index contributed by atoms with van der Waals surface area (Å²) in [5, 5.41) is 13.4. The summed E-state index contributed by atoms with van der Waals surface area (Å²) < 4.78 is 220. The van der Waals surface area contributed by atoms with Crippen LogP contribution in [0.1, 0.15) is 0 Å². The van der Waals surface area contributed by atoms with E-state index in [1.807, 2.05) is 0 Å². The van der Waals surface area contributed by atoms with E-state index in [9.17, 15) is 74.3 Å². The number of hydrogen-bond acceptors (Lipinski definition) is 1. The van der Waals surface area contributed by atoms with Gasteiger partial charge in [0.15, 0.2) is 0 Å². The maximum absolute atomic E-state index is 14.5. The van der Waals surface area contributed by atoms with E-state index in [0.717, 1.165) is 0 Å². The molecule has 20 heteroatoms. The minimum absolute atomic E-state index is 0.905. The average molecular weight is 805 g/mol. The average Bonchev–Trinajstić information content (AvgIpc) is 3.06. The third kappa shape index (κ3) is 5.52. The molecule has 0 N–H and O–H groups in total. The third-order valence-electron chi connectivity index (χ3n) is 8.10. The van der Waals surface area contributed by atoms with Gasteiger partial charge in [-0.15, -0.1) is 0 Å². The van der Waals surface area contributed by atoms with Gasteiger partial charge in [0.05, 0.1) is 0 Å². The molecule has 4 aromatic rings. The Morgan fingerprint density at radius 1 is 0.404 bits per heavy atom. The molecule has 4 rings (SSSR count). The maximum Gasteiger partial charge on any atom is 0.144 e. The molecule has 0 fully saturated rings. The summed E-state index contributed by atoms with van der Waals surface area (Å²) in [6.07, 6.45) is -30.5. The van der Waals surface area contributed by atoms with Gasteiger partial charge < -0.3 is 0 Å². The van der Waals surface area contributed by atoms with Crippen LogP contribution in [0.2, 0.25) is 0 Å². The van der Waals surface area contributed by atoms with Crippen molar-refractivity contribution in [1.82, 2.24) is 0 Å². The molecule has 0 aliphatic carbocycles. The molecule has 0 unspecified atom stereocenters. The van der Waals surface area contributed by atoms with Crippen molar-refractivity contribution in [3.8, 4) is 6.07 Å². The monoisotopic (exact) mass is 805 g/mol. The number of rotatable bonds is 8. The molecule has 0 atom stereocenters. The van der Waals surface area contributed by atoms with Crippen molar-refractivity contribution in [2.75, 3.05) is 6.16 Å². The first-order valence-electron chi connectivity index (χ1n) is 14.0. The van der Waals surface area contributed by atoms with Crippen molar-refractivity contribution in [2.24, 2.45) is 0 Å². The zero-order chi connectivity index (χ0) is 39.8. The van der Waals surface area contributed by atoms with Gasteiger partial charge in [-0.1, -0.05) is 72.8 Å². The minimum atomic E-state index is -13.9. The Kier molecular flexibility index (Phi) is 10.7. The van der Waals surface area contributed by atoms with Crippen molar-refractivity contribution < 1.29 is 74.3 Å². The smallest absolute Gasteiger partial charge is 0.0620 e. The third-order valence-corrected chi connectivity index (χ3v) is 18.2. The van der Waals surface area contributed by atoms with E-state index in [2.05, 4.69) is 121 Å². The summed E-state index contributed by atoms with van der Waals surface area (Å²) in [7, 11) is -1.91. The van der Waals surface area contributed by atoms with Gasteiger partial charge in [-0.05, 0) is 48.5 Å². The molecule has 52 heavy (non-hydrogen) atoms. The van der Waals surface area contributed by atoms with Gasteiger partial charge in [0, 0.05) is 0 Å². The molecule has 0 bridgehead atoms. The van der Waals surface area contributed by atoms with Crippen LogP contribution in [-0.4, -0.2) is 41.7 Å². The SMILES string of the molecule is N#CC[P-](F)(F)(C(F)(F)C(F)(F)F)(C(F)(F)C(F)(F)F)C(F)(F)C(F)(F)F.c1ccc([P+](c2ccccc2)(c2ccccc2)c2ccccc2)cc1. The van der Waals surface area contributed by atoms with Crippen LogP contribution >= 0.6 is 13.8 Å². The summed E-state index contributed by atoms with van der Waals surface area (Å²) in [4.78, 5) is 0. The van der Waals surface area contributed by atoms with Gasteiger partial charge in [-0.25, -0.2) is 0 Å². The van der Waals surface area contributed by atoms with Crippen LogP contribution in [-0.2, 0) is 0 Å². The van der Waals surface area contributed by atoms with E-state index < -0.39 is 61.6 Å². The number of hydrogen-bond donors (Lipinski definition) is 0. The second-order valence-electron chi connectivity index (χ2n) is 11.1. The van der Waals surface area contributed by atoms with Crippen LogP contribution in [0, 0.1) is 11.3 Å². The zero-order valence-corrected chi connectivity index (χ0v) is 27.3. The molecular weight excluding hydrogens is 783 g/mol. The molecule has 0 aliphatic rings. The van der Waals surface area contributed by atoms with Gasteiger partial charge in [-0.2, -0.15) is 0 Å². The fraction of sp³-hybridized carbons (Fsp3) is 0.219. The van der Waals surface area contributed by atoms with Crippen molar-refractivity contribution in [1.29, 1.82) is 5.26 Å². The molecule has 0 spiro atoms. The number of nitrogens with zero attached hydrogens (tertiary/aromatic N) is 1. The number of nitriles is 1. The molecule has 0 aromatic heterocycles. The second kappa shape index (κ2) is 13.2. The Morgan fingerprint density at radius 2 is 0.596 bits per heavy atom. The van der Waals surface area contributed by atoms with Crippen LogP contribution in [0.25, 0.3) is 0 Å². The van der Waals surface area contributed by atoms with Crippen LogP contribution in [0.5, 0.6) is 0 Å². The maximum atomic E-state index is 14.5. The van der Waals surface area contributed by atoms with E-state index in [0.29, 0.717) is 0 Å². The Hall–Kier alpha value is -3.96. The van der Waals surface area contributed by atoms with Gasteiger partial charge in [0.2, 0.25) is 0 Å². The van der Waals surface area contributed by atoms with Gasteiger partial charge >= 0.3 is 134 Å². The normalized spacial score (nSPS) is 15.0. The molecule has 0 heterocycles. The fourth-order valence-electron chi connectivity index (χ4n) is 5.42. The quantitative estimate of drug-likeness (QED) is 0.129. The van der Waals surface area contributed by atoms with Crippen LogP contribution in [0.4, 0.5) is 74.3 Å². The standard InChI is InChI=1S/C24H20P.C8H2F17NP/c1-5-13-21(14-6-1)25(22-15-7-2-8-16-22,23-17-9-3-10-18-23)24-19-11-4-12-20-24;9-3(10,11)6(18,19)27(24,25,2-1-26,7(20,21)4(12,13)14)8(22,23)5(15,16)17/h1-20H;2H2/q+1;-1. The Balaban J connectivity index is 0.000000280. The zero-order valence-electron chi connectivity index (χ0n) is 25.5. The van der Waals surface area contributed by atoms with Gasteiger partial charge in [-0.3, -0.25) is 0 Å². The molecule has 0 radical (unpaired) electrons. The first-order valence-corrected chi connectivity index (χ1v) is 18.5. The van der Waals surface area contributed by atoms with E-state index in [-0.39, 0.29) is 0 Å². The predicted molar refractivity (Wildman–Crippen MR) is 164 cm³/mol. The summed E-state index contributed by atoms with van der Waals surface area (Å²) in [6, 6.07) is 42.9. The van der Waals surface area contributed by atoms with Crippen molar-refractivity contribution >= 4 is 35.0 Å². The van der Waals surface area contributed by atoms with E-state index in [4.69, 9.17) is 5.26 Å². The first kappa shape index (κ1) is 42.5. The van der Waals surface area contributed by atoms with E-state index in [1.165, 1.54) is 21.2 Å². The number of alkyl halides is 15. The Bertz CT molecular complexity index is 1630. The first-order chi connectivity index (χ1) is 23.6. The Morgan fingerprint density at radius 3 is 0.750 bits per heavy atom. The van der Waals surface area contributed by atoms with E-state index >= 15 is 0 Å². The molecule has 284 valence electrons. The molecule has 1 nitrogen and oxygen atoms in total. The van der Waals surface area contributed by atoms with Crippen LogP contribution in [0.15, 0.2) is 121 Å². The van der Waals surface area contributed by atoms with E-state index in [1.54, 1.807) is 0 Å². The molecule has 0 saturated carbocycles. The van der Waals surface area contributed by atoms with Crippen molar-refractivity contribution in [3.63, 3.8) is 0 Å². The number of halogens is 17. The van der Waals surface area contributed by atoms with Crippen LogP contribution in [0.3, 0.4) is 0 Å². The molecule has 0 amide bonds. The Labute approximate surface area is 283 Å². The predicted octanol–water partition coefficient (Wildman–Crippen LogP) is 11.1.